The molecule has 5 heterocycles. The van der Waals surface area contributed by atoms with Gasteiger partial charge in [-0.1, -0.05) is 0 Å². The van der Waals surface area contributed by atoms with E-state index in [1.807, 2.05) is 32.9 Å². The van der Waals surface area contributed by atoms with E-state index in [0.29, 0.717) is 26.3 Å². The number of nitrogens with zero attached hydrogens (tertiary/aromatic N) is 5. The number of ether oxygens (including phenoxy) is 2. The Hall–Kier alpha value is -2.85. The number of carbonyl (C=O) groups excluding carboxylic acids is 1. The van der Waals surface area contributed by atoms with Crippen molar-refractivity contribution in [3.05, 3.63) is 29.7 Å². The van der Waals surface area contributed by atoms with Gasteiger partial charge >= 0.3 is 6.09 Å². The van der Waals surface area contributed by atoms with Gasteiger partial charge < -0.3 is 19.4 Å². The summed E-state index contributed by atoms with van der Waals surface area (Å²) in [5, 5.41) is 9.25. The summed E-state index contributed by atoms with van der Waals surface area (Å²) in [7, 11) is 0. The van der Waals surface area contributed by atoms with E-state index in [-0.39, 0.29) is 18.2 Å². The molecule has 10 heteroatoms. The highest BCUT2D eigenvalue weighted by Gasteiger charge is 2.41. The number of anilines is 3. The highest BCUT2D eigenvalue weighted by Crippen LogP contribution is 2.46. The van der Waals surface area contributed by atoms with Crippen LogP contribution in [-0.4, -0.2) is 65.8 Å². The summed E-state index contributed by atoms with van der Waals surface area (Å²) in [6.45, 7) is 11.0. The molecule has 2 aromatic rings. The monoisotopic (exact) mass is 427 g/mol. The second-order valence-corrected chi connectivity index (χ2v) is 9.21. The zero-order chi connectivity index (χ0) is 21.8. The molecular formula is C21H29N7O3. The summed E-state index contributed by atoms with van der Waals surface area (Å²) in [6, 6.07) is 3.99. The maximum absolute atomic E-state index is 13.1. The zero-order valence-electron chi connectivity index (χ0n) is 18.4. The first-order chi connectivity index (χ1) is 14.8. The van der Waals surface area contributed by atoms with E-state index in [4.69, 9.17) is 14.5 Å². The average Bonchev–Trinajstić information content (AvgIpc) is 3.36. The molecule has 3 aliphatic heterocycles. The molecule has 0 aliphatic carbocycles. The normalized spacial score (nSPS) is 23.2. The number of H-pyrrole nitrogens is 1. The van der Waals surface area contributed by atoms with E-state index >= 15 is 0 Å². The van der Waals surface area contributed by atoms with Crippen molar-refractivity contribution in [3.8, 4) is 0 Å². The predicted octanol–water partition coefficient (Wildman–Crippen LogP) is 2.20. The van der Waals surface area contributed by atoms with Gasteiger partial charge in [0.1, 0.15) is 17.5 Å². The molecule has 2 N–H and O–H groups in total. The standard InChI is InChI=1S/C21H29N7O3/c1-13-12-30-10-9-26(13)16-11-15-19-18(23-16)17(14-5-6-22-24-14)25-28(19)8-7-27(15)20(29)31-21(2,3)4/h5-6,11,13,17,25H,7-10,12H2,1-4H3,(H,22,24)/t13?,17-/m0/s1. The second-order valence-electron chi connectivity index (χ2n) is 9.21. The van der Waals surface area contributed by atoms with Gasteiger partial charge in [-0.3, -0.25) is 10.00 Å². The molecule has 0 radical (unpaired) electrons. The molecule has 0 aromatic carbocycles. The van der Waals surface area contributed by atoms with Crippen LogP contribution >= 0.6 is 0 Å². The number of amides is 1. The van der Waals surface area contributed by atoms with Crippen molar-refractivity contribution in [3.63, 3.8) is 0 Å². The number of aromatic nitrogens is 3. The zero-order valence-corrected chi connectivity index (χ0v) is 18.4. The number of rotatable bonds is 2. The molecule has 2 atom stereocenters. The molecule has 31 heavy (non-hydrogen) atoms. The van der Waals surface area contributed by atoms with Gasteiger partial charge in [-0.25, -0.2) is 15.2 Å². The largest absolute Gasteiger partial charge is 0.443 e. The molecule has 166 valence electrons. The first kappa shape index (κ1) is 20.1. The van der Waals surface area contributed by atoms with Gasteiger partial charge in [-0.05, 0) is 33.8 Å². The Morgan fingerprint density at radius 2 is 2.13 bits per heavy atom. The first-order valence-electron chi connectivity index (χ1n) is 10.7. The molecule has 10 nitrogen and oxygen atoms in total. The van der Waals surface area contributed by atoms with Crippen LogP contribution in [0.5, 0.6) is 0 Å². The van der Waals surface area contributed by atoms with Crippen molar-refractivity contribution >= 4 is 23.3 Å². The van der Waals surface area contributed by atoms with Crippen LogP contribution in [0, 0.1) is 0 Å². The number of nitrogens with one attached hydrogen (secondary N) is 2. The fourth-order valence-electron chi connectivity index (χ4n) is 4.36. The Balaban J connectivity index is 1.61. The number of hydrogen-bond donors (Lipinski definition) is 2. The molecule has 0 saturated carbocycles. The quantitative estimate of drug-likeness (QED) is 0.753. The molecule has 1 saturated heterocycles. The number of aromatic amines is 1. The molecule has 0 bridgehead atoms. The van der Waals surface area contributed by atoms with Gasteiger partial charge in [0.15, 0.2) is 0 Å². The summed E-state index contributed by atoms with van der Waals surface area (Å²) < 4.78 is 11.3. The van der Waals surface area contributed by atoms with Gasteiger partial charge in [0.25, 0.3) is 0 Å². The highest BCUT2D eigenvalue weighted by molar-refractivity contribution is 5.96. The smallest absolute Gasteiger partial charge is 0.414 e. The fraction of sp³-hybridized carbons (Fsp3) is 0.571. The third-order valence-corrected chi connectivity index (χ3v) is 5.76. The molecular weight excluding hydrogens is 398 g/mol. The molecule has 1 unspecified atom stereocenters. The van der Waals surface area contributed by atoms with E-state index in [1.165, 1.54) is 0 Å². The van der Waals surface area contributed by atoms with Crippen LogP contribution in [0.3, 0.4) is 0 Å². The van der Waals surface area contributed by atoms with Crippen molar-refractivity contribution in [1.82, 2.24) is 20.6 Å². The Kier molecular flexibility index (Phi) is 4.78. The summed E-state index contributed by atoms with van der Waals surface area (Å²) >= 11 is 0. The molecule has 2 aromatic heterocycles. The molecule has 1 amide bonds. The van der Waals surface area contributed by atoms with E-state index in [9.17, 15) is 4.79 Å². The van der Waals surface area contributed by atoms with Gasteiger partial charge in [0, 0.05) is 25.4 Å². The van der Waals surface area contributed by atoms with Crippen molar-refractivity contribution in [1.29, 1.82) is 0 Å². The second kappa shape index (κ2) is 7.38. The van der Waals surface area contributed by atoms with Crippen LogP contribution in [-0.2, 0) is 9.47 Å². The SMILES string of the molecule is CC1COCCN1c1cc2c3c(n1)[C@H](c1ccn[nH]1)NN3CCN2C(=O)OC(C)(C)C. The lowest BCUT2D eigenvalue weighted by atomic mass is 10.1. The van der Waals surface area contributed by atoms with E-state index in [2.05, 4.69) is 32.5 Å². The van der Waals surface area contributed by atoms with E-state index < -0.39 is 5.60 Å². The summed E-state index contributed by atoms with van der Waals surface area (Å²) in [4.78, 5) is 22.1. The van der Waals surface area contributed by atoms with Crippen molar-refractivity contribution in [2.75, 3.05) is 47.7 Å². The van der Waals surface area contributed by atoms with Crippen LogP contribution in [0.2, 0.25) is 0 Å². The van der Waals surface area contributed by atoms with Crippen LogP contribution < -0.4 is 20.2 Å². The molecule has 3 aliphatic rings. The minimum Gasteiger partial charge on any atom is -0.443 e. The minimum absolute atomic E-state index is 0.161. The fourth-order valence-corrected chi connectivity index (χ4v) is 4.36. The molecule has 0 spiro atoms. The number of hydrogen-bond acceptors (Lipinski definition) is 8. The van der Waals surface area contributed by atoms with Crippen molar-refractivity contribution < 1.29 is 14.3 Å². The number of pyridine rings is 1. The Bertz CT molecular complexity index is 972. The topological polar surface area (TPSA) is 98.8 Å². The van der Waals surface area contributed by atoms with Crippen LogP contribution in [0.1, 0.15) is 45.1 Å². The number of carbonyl (C=O) groups is 1. The Morgan fingerprint density at radius 1 is 1.29 bits per heavy atom. The maximum atomic E-state index is 13.1. The Morgan fingerprint density at radius 3 is 2.84 bits per heavy atom. The highest BCUT2D eigenvalue weighted by atomic mass is 16.6. The minimum atomic E-state index is -0.567. The third kappa shape index (κ3) is 3.59. The number of hydrazine groups is 1. The van der Waals surface area contributed by atoms with Crippen LogP contribution in [0.4, 0.5) is 22.0 Å². The summed E-state index contributed by atoms with van der Waals surface area (Å²) in [6.07, 6.45) is 1.40. The van der Waals surface area contributed by atoms with Gasteiger partial charge in [0.05, 0.1) is 48.6 Å². The van der Waals surface area contributed by atoms with Gasteiger partial charge in [-0.2, -0.15) is 5.10 Å². The predicted molar refractivity (Wildman–Crippen MR) is 116 cm³/mol. The first-order valence-corrected chi connectivity index (χ1v) is 10.7. The Labute approximate surface area is 181 Å². The van der Waals surface area contributed by atoms with Crippen molar-refractivity contribution in [2.45, 2.75) is 45.4 Å². The van der Waals surface area contributed by atoms with Gasteiger partial charge in [0.2, 0.25) is 0 Å². The summed E-state index contributed by atoms with van der Waals surface area (Å²) in [5.74, 6) is 0.841. The molecule has 5 rings (SSSR count). The van der Waals surface area contributed by atoms with Gasteiger partial charge in [-0.15, -0.1) is 0 Å². The summed E-state index contributed by atoms with van der Waals surface area (Å²) in [5.41, 5.74) is 6.50. The van der Waals surface area contributed by atoms with Crippen LogP contribution in [0.25, 0.3) is 0 Å². The van der Waals surface area contributed by atoms with E-state index in [1.54, 1.807) is 11.1 Å². The number of morpholine rings is 1. The lowest BCUT2D eigenvalue weighted by Gasteiger charge is -2.38. The lowest BCUT2D eigenvalue weighted by molar-refractivity contribution is 0.0580. The van der Waals surface area contributed by atoms with Crippen molar-refractivity contribution in [2.24, 2.45) is 0 Å². The molecule has 1 fully saturated rings. The average molecular weight is 428 g/mol. The maximum Gasteiger partial charge on any atom is 0.414 e. The van der Waals surface area contributed by atoms with Crippen LogP contribution in [0.15, 0.2) is 18.3 Å². The van der Waals surface area contributed by atoms with E-state index in [0.717, 1.165) is 35.1 Å². The third-order valence-electron chi connectivity index (χ3n) is 5.76. The lowest BCUT2D eigenvalue weighted by Crippen LogP contribution is -2.48.